The average molecular weight is 854 g/mol. The lowest BCUT2D eigenvalue weighted by molar-refractivity contribution is 1.17. The van der Waals surface area contributed by atoms with Gasteiger partial charge in [0.2, 0.25) is 6.71 Å². The van der Waals surface area contributed by atoms with E-state index in [4.69, 9.17) is 6.42 Å². The lowest BCUT2D eigenvalue weighted by Gasteiger charge is -2.26. The molecule has 0 aliphatic carbocycles. The summed E-state index contributed by atoms with van der Waals surface area (Å²) in [6, 6.07) is 62.1. The highest BCUT2D eigenvalue weighted by Gasteiger charge is 2.30. The minimum Gasteiger partial charge on any atom is -0.311 e. The van der Waals surface area contributed by atoms with Gasteiger partial charge in [-0.1, -0.05) is 152 Å². The fourth-order valence-corrected chi connectivity index (χ4v) is 10.5. The van der Waals surface area contributed by atoms with Crippen LogP contribution < -0.4 is 26.2 Å². The lowest BCUT2D eigenvalue weighted by atomic mass is 9.33. The molecule has 0 N–H and O–H groups in total. The molecule has 0 radical (unpaired) electrons. The van der Waals surface area contributed by atoms with E-state index >= 15 is 0 Å². The molecule has 1 heterocycles. The summed E-state index contributed by atoms with van der Waals surface area (Å²) in [6.07, 6.45) is 11.7. The molecule has 9 rings (SSSR count). The fraction of sp³-hybridized carbons (Fsp3) is 0.129. The number of benzene rings is 8. The van der Waals surface area contributed by atoms with Crippen molar-refractivity contribution in [3.63, 3.8) is 0 Å². The van der Waals surface area contributed by atoms with E-state index in [0.29, 0.717) is 0 Å². The Balaban J connectivity index is 1.29. The molecule has 0 aliphatic rings. The van der Waals surface area contributed by atoms with Crippen molar-refractivity contribution in [1.82, 2.24) is 4.57 Å². The maximum Gasteiger partial charge on any atom is 0.242 e. The Bertz CT molecular complexity index is 3210. The van der Waals surface area contributed by atoms with Gasteiger partial charge in [0, 0.05) is 50.6 Å². The van der Waals surface area contributed by atoms with Crippen molar-refractivity contribution in [2.45, 2.75) is 55.4 Å². The number of anilines is 5. The summed E-state index contributed by atoms with van der Waals surface area (Å²) in [4.78, 5) is 4.62. The van der Waals surface area contributed by atoms with Gasteiger partial charge in [-0.15, -0.1) is 6.42 Å². The molecule has 0 atom stereocenters. The molecule has 66 heavy (non-hydrogen) atoms. The average Bonchev–Trinajstić information content (AvgIpc) is 3.63. The highest BCUT2D eigenvalue weighted by atomic mass is 15.2. The van der Waals surface area contributed by atoms with Gasteiger partial charge in [0.05, 0.1) is 11.0 Å². The molecule has 1 aromatic heterocycles. The number of aryl methyl sites for hydroxylation is 7. The van der Waals surface area contributed by atoms with Crippen molar-refractivity contribution in [1.29, 1.82) is 0 Å². The van der Waals surface area contributed by atoms with Gasteiger partial charge in [-0.2, -0.15) is 0 Å². The maximum absolute atomic E-state index is 5.77. The molecule has 8 aromatic carbocycles. The van der Waals surface area contributed by atoms with Gasteiger partial charge in [-0.25, -0.2) is 0 Å². The van der Waals surface area contributed by atoms with Crippen LogP contribution in [0.25, 0.3) is 27.5 Å². The highest BCUT2D eigenvalue weighted by Crippen LogP contribution is 2.42. The van der Waals surface area contributed by atoms with Crippen molar-refractivity contribution in [2.24, 2.45) is 0 Å². The number of allylic oxidation sites excluding steroid dienone is 3. The summed E-state index contributed by atoms with van der Waals surface area (Å²) < 4.78 is 2.45. The second-order valence-electron chi connectivity index (χ2n) is 17.7. The Labute approximate surface area is 392 Å². The smallest absolute Gasteiger partial charge is 0.242 e. The quantitative estimate of drug-likeness (QED) is 0.0729. The molecule has 4 heteroatoms. The summed E-state index contributed by atoms with van der Waals surface area (Å²) in [7, 11) is 0. The Morgan fingerprint density at radius 2 is 0.970 bits per heavy atom. The number of aromatic nitrogens is 1. The second kappa shape index (κ2) is 18.4. The molecule has 0 amide bonds. The molecule has 0 fully saturated rings. The van der Waals surface area contributed by atoms with Gasteiger partial charge < -0.3 is 14.4 Å². The summed E-state index contributed by atoms with van der Waals surface area (Å²) in [5.74, 6) is 2.70. The van der Waals surface area contributed by atoms with Crippen molar-refractivity contribution >= 4 is 73.3 Å². The normalized spacial score (nSPS) is 11.7. The number of rotatable bonds is 11. The molecule has 9 aromatic rings. The first-order chi connectivity index (χ1) is 32.1. The van der Waals surface area contributed by atoms with Crippen molar-refractivity contribution in [3.05, 3.63) is 233 Å². The van der Waals surface area contributed by atoms with Gasteiger partial charge in [0.25, 0.3) is 0 Å². The van der Waals surface area contributed by atoms with Gasteiger partial charge in [-0.05, 0) is 152 Å². The van der Waals surface area contributed by atoms with E-state index in [1.54, 1.807) is 6.08 Å². The summed E-state index contributed by atoms with van der Waals surface area (Å²) in [5, 5.41) is 2.31. The zero-order chi connectivity index (χ0) is 46.1. The predicted molar refractivity (Wildman–Crippen MR) is 286 cm³/mol. The Kier molecular flexibility index (Phi) is 12.1. The summed E-state index contributed by atoms with van der Waals surface area (Å²) in [5.41, 5.74) is 23.0. The Morgan fingerprint density at radius 3 is 1.44 bits per heavy atom. The van der Waals surface area contributed by atoms with Crippen LogP contribution in [0.2, 0.25) is 0 Å². The van der Waals surface area contributed by atoms with Crippen LogP contribution >= 0.6 is 0 Å². The van der Waals surface area contributed by atoms with E-state index in [1.807, 2.05) is 6.08 Å². The van der Waals surface area contributed by atoms with Crippen LogP contribution in [-0.4, -0.2) is 11.3 Å². The van der Waals surface area contributed by atoms with E-state index in [-0.39, 0.29) is 6.71 Å². The van der Waals surface area contributed by atoms with E-state index in [0.717, 1.165) is 61.6 Å². The SMILES string of the molecule is C#C/C=C\C(=C/C)N(c1ccccc1)c1ccc2c(c1)c1cc(N(c3ccccc3)c3ccccc3)ccc1n2-c1ccc(B(c2c(C)cc(C)cc2C)c2c(C)cc(C)cc2C)c(C)c1. The largest absolute Gasteiger partial charge is 0.311 e. The molecular formula is C62H56BN3. The molecule has 0 saturated heterocycles. The van der Waals surface area contributed by atoms with Crippen molar-refractivity contribution in [2.75, 3.05) is 9.80 Å². The lowest BCUT2D eigenvalue weighted by Crippen LogP contribution is -2.56. The molecule has 0 unspecified atom stereocenters. The minimum absolute atomic E-state index is 0.0822. The van der Waals surface area contributed by atoms with Gasteiger partial charge in [0.1, 0.15) is 0 Å². The third-order valence-corrected chi connectivity index (χ3v) is 13.1. The zero-order valence-corrected chi connectivity index (χ0v) is 39.4. The van der Waals surface area contributed by atoms with Gasteiger partial charge >= 0.3 is 0 Å². The van der Waals surface area contributed by atoms with Crippen LogP contribution in [-0.2, 0) is 0 Å². The molecule has 0 saturated carbocycles. The molecule has 0 spiro atoms. The molecular weight excluding hydrogens is 798 g/mol. The van der Waals surface area contributed by atoms with Gasteiger partial charge in [0.15, 0.2) is 0 Å². The van der Waals surface area contributed by atoms with Crippen molar-refractivity contribution in [3.8, 4) is 18.0 Å². The number of hydrogen-bond donors (Lipinski definition) is 0. The van der Waals surface area contributed by atoms with Gasteiger partial charge in [-0.3, -0.25) is 0 Å². The first kappa shape index (κ1) is 43.5. The van der Waals surface area contributed by atoms with Crippen LogP contribution in [0.4, 0.5) is 28.4 Å². The third-order valence-electron chi connectivity index (χ3n) is 13.1. The predicted octanol–water partition coefficient (Wildman–Crippen LogP) is 14.2. The number of fused-ring (bicyclic) bond motifs is 3. The summed E-state index contributed by atoms with van der Waals surface area (Å²) in [6.45, 7) is 18.0. The second-order valence-corrected chi connectivity index (χ2v) is 17.7. The monoisotopic (exact) mass is 853 g/mol. The van der Waals surface area contributed by atoms with E-state index in [1.165, 1.54) is 55.3 Å². The molecule has 322 valence electrons. The minimum atomic E-state index is 0.0822. The fourth-order valence-electron chi connectivity index (χ4n) is 10.5. The summed E-state index contributed by atoms with van der Waals surface area (Å²) >= 11 is 0. The molecule has 3 nitrogen and oxygen atoms in total. The Morgan fingerprint density at radius 1 is 0.500 bits per heavy atom. The molecule has 0 bridgehead atoms. The van der Waals surface area contributed by atoms with Crippen LogP contribution in [0.15, 0.2) is 194 Å². The van der Waals surface area contributed by atoms with E-state index in [2.05, 4.69) is 252 Å². The number of nitrogens with zero attached hydrogens (tertiary/aromatic N) is 3. The number of hydrogen-bond acceptors (Lipinski definition) is 2. The zero-order valence-electron chi connectivity index (χ0n) is 39.4. The highest BCUT2D eigenvalue weighted by molar-refractivity contribution is 6.96. The number of terminal acetylenes is 1. The third kappa shape index (κ3) is 8.14. The first-order valence-electron chi connectivity index (χ1n) is 22.9. The van der Waals surface area contributed by atoms with Crippen LogP contribution in [0, 0.1) is 60.8 Å². The standard InChI is InChI=1S/C62H56BN3/c1-10-12-22-49(11-2)64(50-23-16-13-17-24-50)54-30-33-59-56(40-54)57-41-55(65(51-25-18-14-19-26-51)52-27-20-15-21-28-52)31-34-60(57)66(59)53-29-32-58(44(5)39-53)63(61-45(6)35-42(3)36-46(61)7)62-47(8)37-43(4)38-48(62)9/h1,11-41H,2-9H3/b22-12-,49-11+. The topological polar surface area (TPSA) is 11.4 Å². The van der Waals surface area contributed by atoms with E-state index < -0.39 is 0 Å². The number of para-hydroxylation sites is 3. The van der Waals surface area contributed by atoms with Crippen LogP contribution in [0.3, 0.4) is 0 Å². The van der Waals surface area contributed by atoms with Crippen molar-refractivity contribution < 1.29 is 0 Å². The van der Waals surface area contributed by atoms with E-state index in [9.17, 15) is 0 Å². The van der Waals surface area contributed by atoms with Crippen LogP contribution in [0.1, 0.15) is 45.9 Å². The maximum atomic E-state index is 5.77. The first-order valence-corrected chi connectivity index (χ1v) is 22.9. The molecule has 0 aliphatic heterocycles. The van der Waals surface area contributed by atoms with Crippen LogP contribution in [0.5, 0.6) is 0 Å². The Hall–Kier alpha value is -7.74.